The Kier molecular flexibility index (Phi) is 9.29. The molecule has 0 saturated carbocycles. The number of ether oxygens (including phenoxy) is 3. The van der Waals surface area contributed by atoms with Gasteiger partial charge in [0.25, 0.3) is 11.8 Å². The molecule has 0 fully saturated rings. The van der Waals surface area contributed by atoms with Crippen molar-refractivity contribution >= 4 is 29.5 Å². The van der Waals surface area contributed by atoms with Crippen LogP contribution in [-0.2, 0) is 20.9 Å². The number of amides is 2. The summed E-state index contributed by atoms with van der Waals surface area (Å²) in [6.07, 6.45) is 2.19. The summed E-state index contributed by atoms with van der Waals surface area (Å²) < 4.78 is 16.9. The maximum atomic E-state index is 13.2. The minimum absolute atomic E-state index is 0.0412. The van der Waals surface area contributed by atoms with Crippen LogP contribution in [0.15, 0.2) is 59.2 Å². The van der Waals surface area contributed by atoms with Crippen LogP contribution in [0.1, 0.15) is 38.3 Å². The second-order valence-electron chi connectivity index (χ2n) is 8.53. The van der Waals surface area contributed by atoms with Gasteiger partial charge in [-0.05, 0) is 74.2 Å². The first kappa shape index (κ1) is 27.0. The van der Waals surface area contributed by atoms with Crippen LogP contribution in [0.4, 0.5) is 0 Å². The van der Waals surface area contributed by atoms with Crippen LogP contribution in [0, 0.1) is 11.3 Å². The Morgan fingerprint density at radius 3 is 2.44 bits per heavy atom. The van der Waals surface area contributed by atoms with Crippen molar-refractivity contribution in [3.05, 3.63) is 75.3 Å². The van der Waals surface area contributed by atoms with E-state index in [0.717, 1.165) is 10.5 Å². The molecule has 188 valence electrons. The molecule has 2 amide bonds. The Morgan fingerprint density at radius 2 is 1.81 bits per heavy atom. The summed E-state index contributed by atoms with van der Waals surface area (Å²) >= 11 is 5.93. The lowest BCUT2D eigenvalue weighted by molar-refractivity contribution is -0.140. The first-order valence-corrected chi connectivity index (χ1v) is 12.0. The highest BCUT2D eigenvalue weighted by atomic mass is 35.5. The van der Waals surface area contributed by atoms with E-state index in [1.165, 1.54) is 7.11 Å². The minimum Gasteiger partial charge on any atom is -0.493 e. The largest absolute Gasteiger partial charge is 0.493 e. The topological polar surface area (TPSA) is 88.9 Å². The van der Waals surface area contributed by atoms with Crippen LogP contribution in [0.5, 0.6) is 11.5 Å². The maximum absolute atomic E-state index is 13.2. The smallest absolute Gasteiger partial charge is 0.271 e. The number of hydrogen-bond donors (Lipinski definition) is 0. The van der Waals surface area contributed by atoms with E-state index in [2.05, 4.69) is 0 Å². The van der Waals surface area contributed by atoms with Crippen LogP contribution in [0.2, 0.25) is 5.02 Å². The standard InChI is InChI=1S/C28H29ClN2O5/c1-18(2)35-13-5-12-31-27(32)23(19(3)24(16-30)28(31)33)14-21-8-11-25(26(15-21)34-4)36-17-20-6-9-22(29)10-7-20/h6-11,14-15,18H,5,12-13,17H2,1-4H3/b23-14+. The third kappa shape index (κ3) is 6.54. The zero-order chi connectivity index (χ0) is 26.2. The van der Waals surface area contributed by atoms with Crippen molar-refractivity contribution in [1.29, 1.82) is 5.26 Å². The lowest BCUT2D eigenvalue weighted by Crippen LogP contribution is -2.43. The van der Waals surface area contributed by atoms with E-state index in [1.807, 2.05) is 32.0 Å². The van der Waals surface area contributed by atoms with Gasteiger partial charge in [0.15, 0.2) is 11.5 Å². The monoisotopic (exact) mass is 508 g/mol. The van der Waals surface area contributed by atoms with Crippen LogP contribution < -0.4 is 9.47 Å². The zero-order valence-electron chi connectivity index (χ0n) is 20.8. The number of nitrogens with zero attached hydrogens (tertiary/aromatic N) is 2. The Balaban J connectivity index is 1.84. The third-order valence-electron chi connectivity index (χ3n) is 5.61. The molecule has 0 bridgehead atoms. The highest BCUT2D eigenvalue weighted by Gasteiger charge is 2.35. The Bertz CT molecular complexity index is 1230. The number of imide groups is 1. The summed E-state index contributed by atoms with van der Waals surface area (Å²) in [5, 5.41) is 10.2. The predicted octanol–water partition coefficient (Wildman–Crippen LogP) is 5.33. The summed E-state index contributed by atoms with van der Waals surface area (Å²) in [4.78, 5) is 27.1. The highest BCUT2D eigenvalue weighted by molar-refractivity contribution is 6.30. The average Bonchev–Trinajstić information content (AvgIpc) is 2.86. The molecular weight excluding hydrogens is 480 g/mol. The number of hydrogen-bond acceptors (Lipinski definition) is 6. The molecule has 0 radical (unpaired) electrons. The van der Waals surface area contributed by atoms with Gasteiger partial charge in [-0.3, -0.25) is 14.5 Å². The van der Waals surface area contributed by atoms with Crippen molar-refractivity contribution in [2.75, 3.05) is 20.3 Å². The number of halogens is 1. The predicted molar refractivity (Wildman–Crippen MR) is 137 cm³/mol. The molecule has 1 aliphatic heterocycles. The fourth-order valence-corrected chi connectivity index (χ4v) is 3.80. The minimum atomic E-state index is -0.578. The molecule has 0 saturated heterocycles. The zero-order valence-corrected chi connectivity index (χ0v) is 21.6. The summed E-state index contributed by atoms with van der Waals surface area (Å²) in [5.41, 5.74) is 2.22. The normalized spacial score (nSPS) is 15.0. The Hall–Kier alpha value is -3.60. The van der Waals surface area contributed by atoms with Gasteiger partial charge in [-0.25, -0.2) is 0 Å². The molecule has 0 atom stereocenters. The van der Waals surface area contributed by atoms with E-state index in [4.69, 9.17) is 25.8 Å². The van der Waals surface area contributed by atoms with Crippen molar-refractivity contribution < 1.29 is 23.8 Å². The van der Waals surface area contributed by atoms with Crippen LogP contribution in [0.3, 0.4) is 0 Å². The fourth-order valence-electron chi connectivity index (χ4n) is 3.68. The van der Waals surface area contributed by atoms with E-state index in [-0.39, 0.29) is 23.8 Å². The van der Waals surface area contributed by atoms with E-state index in [9.17, 15) is 14.9 Å². The molecule has 7 nitrogen and oxygen atoms in total. The number of nitriles is 1. The molecule has 8 heteroatoms. The van der Waals surface area contributed by atoms with Crippen molar-refractivity contribution in [3.63, 3.8) is 0 Å². The molecule has 0 spiro atoms. The van der Waals surface area contributed by atoms with Crippen molar-refractivity contribution in [3.8, 4) is 17.6 Å². The van der Waals surface area contributed by atoms with Crippen molar-refractivity contribution in [2.24, 2.45) is 0 Å². The van der Waals surface area contributed by atoms with Crippen LogP contribution in [-0.4, -0.2) is 43.1 Å². The number of carbonyl (C=O) groups excluding carboxylic acids is 2. The quantitative estimate of drug-likeness (QED) is 0.245. The molecule has 36 heavy (non-hydrogen) atoms. The van der Waals surface area contributed by atoms with Crippen molar-refractivity contribution in [1.82, 2.24) is 4.90 Å². The second kappa shape index (κ2) is 12.4. The summed E-state index contributed by atoms with van der Waals surface area (Å²) in [5.74, 6) is 0.00675. The van der Waals surface area contributed by atoms with Gasteiger partial charge >= 0.3 is 0 Å². The first-order chi connectivity index (χ1) is 17.2. The molecule has 2 aromatic carbocycles. The fraction of sp³-hybridized carbons (Fsp3) is 0.321. The van der Waals surface area contributed by atoms with E-state index in [1.54, 1.807) is 43.3 Å². The molecule has 1 aliphatic rings. The Morgan fingerprint density at radius 1 is 1.08 bits per heavy atom. The molecule has 0 N–H and O–H groups in total. The SMILES string of the molecule is COc1cc(/C=C2/C(=O)N(CCCOC(C)C)C(=O)C(C#N)=C2C)ccc1OCc1ccc(Cl)cc1. The van der Waals surface area contributed by atoms with E-state index >= 15 is 0 Å². The van der Waals surface area contributed by atoms with Crippen LogP contribution in [0.25, 0.3) is 6.08 Å². The number of carbonyl (C=O) groups is 2. The highest BCUT2D eigenvalue weighted by Crippen LogP contribution is 2.32. The molecule has 1 heterocycles. The summed E-state index contributed by atoms with van der Waals surface area (Å²) in [6, 6.07) is 14.6. The molecule has 0 aromatic heterocycles. The molecule has 3 rings (SSSR count). The third-order valence-corrected chi connectivity index (χ3v) is 5.86. The number of methoxy groups -OCH3 is 1. The van der Waals surface area contributed by atoms with Crippen LogP contribution >= 0.6 is 11.6 Å². The van der Waals surface area contributed by atoms with Gasteiger partial charge in [0.05, 0.1) is 13.2 Å². The molecule has 0 unspecified atom stereocenters. The van der Waals surface area contributed by atoms with Gasteiger partial charge in [0.2, 0.25) is 0 Å². The molecule has 2 aromatic rings. The van der Waals surface area contributed by atoms with Gasteiger partial charge in [-0.15, -0.1) is 0 Å². The molecule has 0 aliphatic carbocycles. The van der Waals surface area contributed by atoms with Gasteiger partial charge < -0.3 is 14.2 Å². The Labute approximate surface area is 216 Å². The van der Waals surface area contributed by atoms with Gasteiger partial charge in [-0.2, -0.15) is 5.26 Å². The van der Waals surface area contributed by atoms with Gasteiger partial charge in [-0.1, -0.05) is 29.8 Å². The summed E-state index contributed by atoms with van der Waals surface area (Å²) in [7, 11) is 1.53. The summed E-state index contributed by atoms with van der Waals surface area (Å²) in [6.45, 7) is 6.35. The van der Waals surface area contributed by atoms with Gasteiger partial charge in [0.1, 0.15) is 18.2 Å². The lowest BCUT2D eigenvalue weighted by atomic mass is 9.93. The maximum Gasteiger partial charge on any atom is 0.271 e. The van der Waals surface area contributed by atoms with E-state index in [0.29, 0.717) is 47.3 Å². The number of benzene rings is 2. The lowest BCUT2D eigenvalue weighted by Gasteiger charge is -2.27. The van der Waals surface area contributed by atoms with Gasteiger partial charge in [0, 0.05) is 23.7 Å². The average molecular weight is 509 g/mol. The molecular formula is C28H29ClN2O5. The second-order valence-corrected chi connectivity index (χ2v) is 8.97. The number of rotatable bonds is 10. The first-order valence-electron chi connectivity index (χ1n) is 11.6. The van der Waals surface area contributed by atoms with Crippen molar-refractivity contribution in [2.45, 2.75) is 39.9 Å². The van der Waals surface area contributed by atoms with E-state index < -0.39 is 11.8 Å².